The summed E-state index contributed by atoms with van der Waals surface area (Å²) in [5, 5.41) is 0. The van der Waals surface area contributed by atoms with Crippen LogP contribution in [0.5, 0.6) is 0 Å². The summed E-state index contributed by atoms with van der Waals surface area (Å²) < 4.78 is 14.7. The van der Waals surface area contributed by atoms with Crippen molar-refractivity contribution in [2.45, 2.75) is 115 Å². The van der Waals surface area contributed by atoms with Crippen molar-refractivity contribution in [1.82, 2.24) is 24.3 Å². The smallest absolute Gasteiger partial charge is 0.410 e. The Morgan fingerprint density at radius 3 is 2.52 bits per heavy atom. The number of aromatic nitrogens is 3. The third-order valence-corrected chi connectivity index (χ3v) is 11.7. The number of likely N-dealkylation sites (tertiary alicyclic amines) is 1. The molecule has 0 bridgehead atoms. The lowest BCUT2D eigenvalue weighted by molar-refractivity contribution is 0.0107. The number of nitrogens with zero attached hydrogens (tertiary/aromatic N) is 6. The van der Waals surface area contributed by atoms with Crippen molar-refractivity contribution < 1.29 is 14.3 Å². The van der Waals surface area contributed by atoms with Crippen molar-refractivity contribution >= 4 is 30.9 Å². The molecule has 0 radical (unpaired) electrons. The second-order valence-electron chi connectivity index (χ2n) is 16.0. The largest absolute Gasteiger partial charge is 0.444 e. The van der Waals surface area contributed by atoms with E-state index in [2.05, 4.69) is 72.2 Å². The molecule has 0 unspecified atom stereocenters. The molecule has 46 heavy (non-hydrogen) atoms. The van der Waals surface area contributed by atoms with Gasteiger partial charge >= 0.3 is 6.09 Å². The van der Waals surface area contributed by atoms with Gasteiger partial charge < -0.3 is 18.9 Å². The normalized spacial score (nSPS) is 22.1. The van der Waals surface area contributed by atoms with Gasteiger partial charge in [0.2, 0.25) is 0 Å². The van der Waals surface area contributed by atoms with Crippen LogP contribution in [0.2, 0.25) is 25.7 Å². The molecule has 2 saturated heterocycles. The summed E-state index contributed by atoms with van der Waals surface area (Å²) in [6, 6.07) is 12.2. The average Bonchev–Trinajstić information content (AvgIpc) is 3.63. The molecule has 3 aliphatic rings. The lowest BCUT2D eigenvalue weighted by Crippen LogP contribution is -2.58. The predicted octanol–water partition coefficient (Wildman–Crippen LogP) is 7.54. The summed E-state index contributed by atoms with van der Waals surface area (Å²) in [6.07, 6.45) is 7.00. The van der Waals surface area contributed by atoms with E-state index in [4.69, 9.17) is 19.4 Å². The molecule has 1 aliphatic carbocycles. The molecule has 6 rings (SSSR count). The first-order chi connectivity index (χ1) is 21.8. The van der Waals surface area contributed by atoms with Crippen LogP contribution in [0.4, 0.5) is 10.5 Å². The van der Waals surface area contributed by atoms with E-state index in [-0.39, 0.29) is 23.7 Å². The van der Waals surface area contributed by atoms with Gasteiger partial charge in [-0.2, -0.15) is 0 Å². The zero-order chi connectivity index (χ0) is 32.9. The van der Waals surface area contributed by atoms with Crippen LogP contribution in [0.15, 0.2) is 36.5 Å². The highest BCUT2D eigenvalue weighted by molar-refractivity contribution is 6.76. The summed E-state index contributed by atoms with van der Waals surface area (Å²) in [5.74, 6) is 1.07. The topological polar surface area (TPSA) is 76.0 Å². The number of rotatable bonds is 8. The Bertz CT molecular complexity index is 1560. The van der Waals surface area contributed by atoms with Gasteiger partial charge in [-0.15, -0.1) is 0 Å². The van der Waals surface area contributed by atoms with Crippen LogP contribution in [0.3, 0.4) is 0 Å². The maximum absolute atomic E-state index is 13.2. The van der Waals surface area contributed by atoms with Crippen molar-refractivity contribution in [2.24, 2.45) is 0 Å². The van der Waals surface area contributed by atoms with E-state index in [0.717, 1.165) is 74.7 Å². The van der Waals surface area contributed by atoms with E-state index in [1.54, 1.807) is 0 Å². The van der Waals surface area contributed by atoms with Crippen LogP contribution < -0.4 is 4.90 Å². The second-order valence-corrected chi connectivity index (χ2v) is 21.6. The number of pyridine rings is 1. The average molecular weight is 647 g/mol. The number of piperazine rings is 1. The van der Waals surface area contributed by atoms with Crippen LogP contribution in [0.25, 0.3) is 11.0 Å². The number of para-hydroxylation sites is 1. The molecular formula is C36H54N6O3Si. The molecule has 1 aromatic carbocycles. The molecule has 1 spiro atoms. The fraction of sp³-hybridized carbons (Fsp3) is 0.639. The lowest BCUT2D eigenvalue weighted by atomic mass is 9.92. The van der Waals surface area contributed by atoms with Gasteiger partial charge in [-0.05, 0) is 96.7 Å². The monoisotopic (exact) mass is 646 g/mol. The second kappa shape index (κ2) is 12.6. The van der Waals surface area contributed by atoms with E-state index in [0.29, 0.717) is 13.3 Å². The molecule has 3 aromatic rings. The highest BCUT2D eigenvalue weighted by Gasteiger charge is 2.54. The van der Waals surface area contributed by atoms with Gasteiger partial charge in [-0.1, -0.05) is 31.8 Å². The summed E-state index contributed by atoms with van der Waals surface area (Å²) in [4.78, 5) is 30.4. The predicted molar refractivity (Wildman–Crippen MR) is 187 cm³/mol. The Hall–Kier alpha value is -2.95. The Labute approximate surface area is 276 Å². The number of piperidine rings is 1. The molecule has 10 heteroatoms. The molecule has 2 aromatic heterocycles. The summed E-state index contributed by atoms with van der Waals surface area (Å²) in [5.41, 5.74) is 5.06. The third kappa shape index (κ3) is 6.85. The van der Waals surface area contributed by atoms with Gasteiger partial charge in [0.1, 0.15) is 18.2 Å². The van der Waals surface area contributed by atoms with Gasteiger partial charge in [-0.3, -0.25) is 14.8 Å². The van der Waals surface area contributed by atoms with Gasteiger partial charge in [0, 0.05) is 40.5 Å². The Morgan fingerprint density at radius 1 is 1.07 bits per heavy atom. The number of amides is 1. The number of fused-ring (bicyclic) bond motifs is 1. The number of hydrogen-bond donors (Lipinski definition) is 0. The summed E-state index contributed by atoms with van der Waals surface area (Å²) >= 11 is 0. The Morgan fingerprint density at radius 2 is 1.83 bits per heavy atom. The lowest BCUT2D eigenvalue weighted by Gasteiger charge is -2.43. The van der Waals surface area contributed by atoms with E-state index in [1.807, 2.05) is 37.9 Å². The molecule has 4 heterocycles. The van der Waals surface area contributed by atoms with Crippen LogP contribution >= 0.6 is 0 Å². The highest BCUT2D eigenvalue weighted by atomic mass is 28.3. The Kier molecular flexibility index (Phi) is 9.01. The first kappa shape index (κ1) is 33.0. The molecule has 1 amide bonds. The first-order valence-electron chi connectivity index (χ1n) is 17.2. The number of hydrogen-bond acceptors (Lipinski definition) is 7. The number of ether oxygens (including phenoxy) is 2. The fourth-order valence-electron chi connectivity index (χ4n) is 7.33. The fourth-order valence-corrected chi connectivity index (χ4v) is 8.09. The third-order valence-electron chi connectivity index (χ3n) is 10.0. The van der Waals surface area contributed by atoms with Crippen LogP contribution in [0.1, 0.15) is 82.0 Å². The zero-order valence-electron chi connectivity index (χ0n) is 29.3. The summed E-state index contributed by atoms with van der Waals surface area (Å²) in [7, 11) is 1.01. The minimum atomic E-state index is -1.24. The number of imidazole rings is 1. The molecular weight excluding hydrogens is 593 g/mol. The first-order valence-corrected chi connectivity index (χ1v) is 20.9. The molecule has 9 nitrogen and oxygen atoms in total. The Balaban J connectivity index is 1.34. The molecule has 1 saturated carbocycles. The van der Waals surface area contributed by atoms with Crippen LogP contribution in [0, 0.1) is 6.92 Å². The van der Waals surface area contributed by atoms with Crippen LogP contribution in [-0.2, 0) is 16.2 Å². The number of aryl methyl sites for hydroxylation is 1. The van der Waals surface area contributed by atoms with Crippen molar-refractivity contribution in [2.75, 3.05) is 38.2 Å². The quantitative estimate of drug-likeness (QED) is 0.185. The van der Waals surface area contributed by atoms with Crippen molar-refractivity contribution in [3.63, 3.8) is 0 Å². The van der Waals surface area contributed by atoms with Crippen LogP contribution in [-0.4, -0.2) is 82.9 Å². The molecule has 2 aliphatic heterocycles. The van der Waals surface area contributed by atoms with Gasteiger partial charge in [0.15, 0.2) is 0 Å². The molecule has 3 fully saturated rings. The van der Waals surface area contributed by atoms with E-state index in [1.165, 1.54) is 16.9 Å². The van der Waals surface area contributed by atoms with Gasteiger partial charge in [-0.25, -0.2) is 9.78 Å². The minimum Gasteiger partial charge on any atom is -0.444 e. The maximum Gasteiger partial charge on any atom is 0.410 e. The molecule has 0 N–H and O–H groups in total. The van der Waals surface area contributed by atoms with Crippen molar-refractivity contribution in [3.05, 3.63) is 53.6 Å². The number of benzene rings is 1. The summed E-state index contributed by atoms with van der Waals surface area (Å²) in [6.45, 7) is 18.6. The van der Waals surface area contributed by atoms with E-state index < -0.39 is 13.7 Å². The van der Waals surface area contributed by atoms with Crippen molar-refractivity contribution in [1.29, 1.82) is 0 Å². The number of anilines is 1. The molecule has 250 valence electrons. The minimum absolute atomic E-state index is 0.153. The number of carbonyl (C=O) groups excluding carboxylic acids is 1. The van der Waals surface area contributed by atoms with E-state index in [9.17, 15) is 4.79 Å². The van der Waals surface area contributed by atoms with E-state index >= 15 is 0 Å². The number of carbonyl (C=O) groups is 1. The highest BCUT2D eigenvalue weighted by Crippen LogP contribution is 2.47. The van der Waals surface area contributed by atoms with Gasteiger partial charge in [0.05, 0.1) is 40.0 Å². The standard InChI is InChI=1S/C36H54N6O3Si/c1-26-12-11-19-37-31(26)28-14-10-16-30(39(28)5)33-38-27-13-9-15-29(32(27)41(33)25-44-22-23-46(6,7)8)40-20-21-42(36(24-40)17-18-36)34(43)45-35(2,3)4/h9,11-13,15,19,28,30H,10,14,16-18,20-25H2,1-8H3/t28-,30+/m0/s1. The van der Waals surface area contributed by atoms with Gasteiger partial charge in [0.25, 0.3) is 0 Å². The maximum atomic E-state index is 13.2. The molecule has 2 atom stereocenters. The van der Waals surface area contributed by atoms with Crippen molar-refractivity contribution in [3.8, 4) is 0 Å². The zero-order valence-corrected chi connectivity index (χ0v) is 30.3. The SMILES string of the molecule is Cc1cccnc1[C@@H]1CCC[C@H](c2nc3cccc(N4CCN(C(=O)OC(C)(C)C)C5(CC5)C4)c3n2COCC[Si](C)(C)C)N1C.